The highest BCUT2D eigenvalue weighted by molar-refractivity contribution is 7.16. The first-order valence-electron chi connectivity index (χ1n) is 10.4. The van der Waals surface area contributed by atoms with E-state index in [2.05, 4.69) is 50.4 Å². The maximum atomic E-state index is 13.1. The average Bonchev–Trinajstić information content (AvgIpc) is 3.23. The Morgan fingerprint density at radius 3 is 2.97 bits per heavy atom. The van der Waals surface area contributed by atoms with Gasteiger partial charge in [-0.1, -0.05) is 6.07 Å². The van der Waals surface area contributed by atoms with Gasteiger partial charge in [-0.3, -0.25) is 14.7 Å². The fourth-order valence-corrected chi connectivity index (χ4v) is 5.32. The van der Waals surface area contributed by atoms with Crippen LogP contribution in [0.3, 0.4) is 0 Å². The minimum Gasteiger partial charge on any atom is -0.324 e. The van der Waals surface area contributed by atoms with Crippen LogP contribution in [-0.4, -0.2) is 50.9 Å². The molecule has 0 aliphatic carbocycles. The van der Waals surface area contributed by atoms with Gasteiger partial charge < -0.3 is 10.6 Å². The van der Waals surface area contributed by atoms with Gasteiger partial charge >= 0.3 is 0 Å². The van der Waals surface area contributed by atoms with E-state index in [1.807, 2.05) is 35.7 Å². The summed E-state index contributed by atoms with van der Waals surface area (Å²) in [5.74, 6) is -0.0433. The van der Waals surface area contributed by atoms with E-state index >= 15 is 0 Å². The van der Waals surface area contributed by atoms with Crippen LogP contribution in [0, 0.1) is 0 Å². The molecule has 158 valence electrons. The summed E-state index contributed by atoms with van der Waals surface area (Å²) in [6, 6.07) is 12.1. The first kappa shape index (κ1) is 20.0. The van der Waals surface area contributed by atoms with Crippen LogP contribution < -0.4 is 10.6 Å². The number of carbonyl (C=O) groups is 1. The smallest absolute Gasteiger partial charge is 0.238 e. The van der Waals surface area contributed by atoms with Crippen LogP contribution in [0.25, 0.3) is 21.1 Å². The highest BCUT2D eigenvalue weighted by atomic mass is 32.1. The molecule has 0 bridgehead atoms. The number of nitrogens with zero attached hydrogens (tertiary/aromatic N) is 4. The maximum Gasteiger partial charge on any atom is 0.238 e. The topological polar surface area (TPSA) is 83.0 Å². The lowest BCUT2D eigenvalue weighted by Crippen LogP contribution is -2.57. The number of piperazine rings is 1. The second-order valence-corrected chi connectivity index (χ2v) is 8.95. The summed E-state index contributed by atoms with van der Waals surface area (Å²) in [6.45, 7) is 5.35. The number of amides is 1. The first-order chi connectivity index (χ1) is 15.1. The van der Waals surface area contributed by atoms with Crippen molar-refractivity contribution in [3.05, 3.63) is 60.0 Å². The van der Waals surface area contributed by atoms with Gasteiger partial charge in [-0.05, 0) is 49.6 Å². The lowest BCUT2D eigenvalue weighted by molar-refractivity contribution is -0.118. The van der Waals surface area contributed by atoms with Crippen LogP contribution in [0.5, 0.6) is 0 Å². The van der Waals surface area contributed by atoms with Crippen molar-refractivity contribution in [1.82, 2.24) is 25.2 Å². The van der Waals surface area contributed by atoms with Gasteiger partial charge in [0.25, 0.3) is 0 Å². The molecule has 4 aromatic rings. The van der Waals surface area contributed by atoms with Gasteiger partial charge in [0.15, 0.2) is 0 Å². The minimum atomic E-state index is -0.0433. The predicted octanol–water partition coefficient (Wildman–Crippen LogP) is 3.60. The predicted molar refractivity (Wildman–Crippen MR) is 124 cm³/mol. The summed E-state index contributed by atoms with van der Waals surface area (Å²) >= 11 is 1.61. The molecule has 0 radical (unpaired) electrons. The summed E-state index contributed by atoms with van der Waals surface area (Å²) in [6.07, 6.45) is 3.38. The third-order valence-electron chi connectivity index (χ3n) is 5.76. The molecule has 7 nitrogen and oxygen atoms in total. The molecule has 1 fully saturated rings. The van der Waals surface area contributed by atoms with Crippen molar-refractivity contribution < 1.29 is 4.79 Å². The van der Waals surface area contributed by atoms with E-state index in [9.17, 15) is 4.79 Å². The van der Waals surface area contributed by atoms with Gasteiger partial charge in [0.1, 0.15) is 11.2 Å². The summed E-state index contributed by atoms with van der Waals surface area (Å²) in [4.78, 5) is 29.7. The number of anilines is 1. The molecule has 5 rings (SSSR count). The Labute approximate surface area is 184 Å². The van der Waals surface area contributed by atoms with Gasteiger partial charge in [-0.2, -0.15) is 0 Å². The molecule has 0 saturated carbocycles. The van der Waals surface area contributed by atoms with Crippen LogP contribution >= 0.6 is 11.3 Å². The Bertz CT molecular complexity index is 1240. The zero-order valence-electron chi connectivity index (χ0n) is 17.4. The summed E-state index contributed by atoms with van der Waals surface area (Å²) in [5, 5.41) is 10.8. The second-order valence-electron chi connectivity index (χ2n) is 8.05. The van der Waals surface area contributed by atoms with Crippen molar-refractivity contribution in [1.29, 1.82) is 0 Å². The van der Waals surface area contributed by atoms with E-state index in [0.717, 1.165) is 39.0 Å². The minimum absolute atomic E-state index is 0.0174. The van der Waals surface area contributed by atoms with Crippen LogP contribution in [0.4, 0.5) is 5.69 Å². The number of aromatic nitrogens is 3. The Morgan fingerprint density at radius 1 is 1.16 bits per heavy atom. The van der Waals surface area contributed by atoms with Gasteiger partial charge in [-0.25, -0.2) is 9.97 Å². The van der Waals surface area contributed by atoms with Gasteiger partial charge in [0, 0.05) is 35.6 Å². The Balaban J connectivity index is 1.43. The number of thiophene rings is 1. The van der Waals surface area contributed by atoms with Crippen molar-refractivity contribution >= 4 is 44.1 Å². The molecule has 1 aliphatic rings. The first-order valence-corrected chi connectivity index (χ1v) is 11.3. The third-order valence-corrected chi connectivity index (χ3v) is 6.58. The van der Waals surface area contributed by atoms with E-state index in [0.29, 0.717) is 0 Å². The molecule has 1 amide bonds. The fourth-order valence-electron chi connectivity index (χ4n) is 4.58. The monoisotopic (exact) mass is 432 g/mol. The van der Waals surface area contributed by atoms with Gasteiger partial charge in [0.05, 0.1) is 29.5 Å². The molecule has 2 N–H and O–H groups in total. The number of hydrogen-bond acceptors (Lipinski definition) is 7. The number of benzene rings is 1. The van der Waals surface area contributed by atoms with E-state index in [-0.39, 0.29) is 30.6 Å². The van der Waals surface area contributed by atoms with Crippen molar-refractivity contribution in [3.63, 3.8) is 0 Å². The fraction of sp³-hybridized carbons (Fsp3) is 0.304. The number of pyridine rings is 1. The van der Waals surface area contributed by atoms with E-state index in [1.54, 1.807) is 23.9 Å². The number of nitrogens with one attached hydrogen (secondary N) is 2. The normalized spacial score (nSPS) is 22.1. The molecule has 3 atom stereocenters. The number of carbonyl (C=O) groups excluding carboxylic acids is 1. The summed E-state index contributed by atoms with van der Waals surface area (Å²) in [5.41, 5.74) is 2.62. The zero-order chi connectivity index (χ0) is 21.4. The highest BCUT2D eigenvalue weighted by Gasteiger charge is 2.35. The molecular formula is C23H24N6OS. The number of rotatable bonds is 4. The second kappa shape index (κ2) is 8.30. The summed E-state index contributed by atoms with van der Waals surface area (Å²) in [7, 11) is 0. The van der Waals surface area contributed by atoms with Crippen LogP contribution in [0.2, 0.25) is 0 Å². The van der Waals surface area contributed by atoms with E-state index in [1.165, 1.54) is 0 Å². The van der Waals surface area contributed by atoms with Gasteiger partial charge in [-0.15, -0.1) is 11.3 Å². The lowest BCUT2D eigenvalue weighted by Gasteiger charge is -2.43. The molecule has 1 aromatic carbocycles. The Kier molecular flexibility index (Phi) is 5.35. The van der Waals surface area contributed by atoms with Crippen LogP contribution in [0.15, 0.2) is 54.3 Å². The van der Waals surface area contributed by atoms with Crippen molar-refractivity contribution in [2.45, 2.75) is 32.0 Å². The molecule has 3 unspecified atom stereocenters. The number of hydrogen-bond donors (Lipinski definition) is 2. The van der Waals surface area contributed by atoms with Crippen LogP contribution in [0.1, 0.15) is 25.6 Å². The Hall–Kier alpha value is -2.94. The van der Waals surface area contributed by atoms with Crippen molar-refractivity contribution in [3.8, 4) is 0 Å². The largest absolute Gasteiger partial charge is 0.324 e. The SMILES string of the molecule is CC1CN(CC(=O)Nc2cccc3ncccc23)C(c2ncnc3sccc23)C(C)N1. The average molecular weight is 433 g/mol. The number of fused-ring (bicyclic) bond motifs is 2. The van der Waals surface area contributed by atoms with E-state index < -0.39 is 0 Å². The molecule has 1 aliphatic heterocycles. The highest BCUT2D eigenvalue weighted by Crippen LogP contribution is 2.33. The quantitative estimate of drug-likeness (QED) is 0.513. The molecular weight excluding hydrogens is 408 g/mol. The molecule has 8 heteroatoms. The lowest BCUT2D eigenvalue weighted by atomic mass is 9.97. The molecule has 0 spiro atoms. The molecule has 4 heterocycles. The van der Waals surface area contributed by atoms with E-state index in [4.69, 9.17) is 0 Å². The van der Waals surface area contributed by atoms with Crippen molar-refractivity contribution in [2.75, 3.05) is 18.4 Å². The zero-order valence-corrected chi connectivity index (χ0v) is 18.3. The maximum absolute atomic E-state index is 13.1. The summed E-state index contributed by atoms with van der Waals surface area (Å²) < 4.78 is 0. The third kappa shape index (κ3) is 3.89. The standard InChI is InChI=1S/C23H24N6OS/c1-14-11-29(12-20(30)28-19-7-3-6-18-16(19)5-4-9-24-18)22(15(2)27-14)21-17-8-10-31-23(17)26-13-25-21/h3-10,13-15,22,27H,11-12H2,1-2H3,(H,28,30). The molecule has 3 aromatic heterocycles. The molecule has 1 saturated heterocycles. The van der Waals surface area contributed by atoms with Crippen LogP contribution in [-0.2, 0) is 4.79 Å². The van der Waals surface area contributed by atoms with Crippen molar-refractivity contribution in [2.24, 2.45) is 0 Å². The molecule has 31 heavy (non-hydrogen) atoms. The Morgan fingerprint density at radius 2 is 2.06 bits per heavy atom. The van der Waals surface area contributed by atoms with Gasteiger partial charge in [0.2, 0.25) is 5.91 Å².